The standard InChI is InChI=1S/C16H16ClNO6/c1-8(19)21-7-12-13(22-9(2)20)14-16(23-12)18-15(24-14)10-5-3-4-6-11(10)17/h3-6,12-14,16H,7H2,1-2H3/t12-,13-,14-,16+/m1/s1. The molecule has 0 spiro atoms. The third-order valence-electron chi connectivity index (χ3n) is 3.63. The van der Waals surface area contributed by atoms with E-state index >= 15 is 0 Å². The first-order valence-corrected chi connectivity index (χ1v) is 7.79. The second kappa shape index (κ2) is 6.78. The first-order chi connectivity index (χ1) is 11.5. The number of carbonyl (C=O) groups excluding carboxylic acids is 2. The van der Waals surface area contributed by atoms with Crippen molar-refractivity contribution in [3.8, 4) is 0 Å². The molecule has 2 aliphatic rings. The molecule has 1 fully saturated rings. The smallest absolute Gasteiger partial charge is 0.303 e. The number of halogens is 1. The Balaban J connectivity index is 1.79. The van der Waals surface area contributed by atoms with Crippen LogP contribution < -0.4 is 0 Å². The number of fused-ring (bicyclic) bond motifs is 1. The van der Waals surface area contributed by atoms with Crippen molar-refractivity contribution in [3.63, 3.8) is 0 Å². The molecule has 0 amide bonds. The normalized spacial score (nSPS) is 27.9. The number of rotatable bonds is 4. The molecule has 1 saturated heterocycles. The summed E-state index contributed by atoms with van der Waals surface area (Å²) in [6.45, 7) is 2.54. The lowest BCUT2D eigenvalue weighted by Gasteiger charge is -2.21. The van der Waals surface area contributed by atoms with E-state index in [1.807, 2.05) is 6.07 Å². The summed E-state index contributed by atoms with van der Waals surface area (Å²) < 4.78 is 21.8. The van der Waals surface area contributed by atoms with Crippen LogP contribution in [0.15, 0.2) is 29.3 Å². The van der Waals surface area contributed by atoms with Crippen LogP contribution in [0.3, 0.4) is 0 Å². The van der Waals surface area contributed by atoms with Crippen LogP contribution in [0.25, 0.3) is 0 Å². The summed E-state index contributed by atoms with van der Waals surface area (Å²) in [4.78, 5) is 26.7. The Morgan fingerprint density at radius 3 is 2.67 bits per heavy atom. The van der Waals surface area contributed by atoms with Crippen molar-refractivity contribution < 1.29 is 28.5 Å². The van der Waals surface area contributed by atoms with Crippen LogP contribution in [-0.4, -0.2) is 49.0 Å². The molecule has 4 atom stereocenters. The van der Waals surface area contributed by atoms with E-state index in [9.17, 15) is 9.59 Å². The van der Waals surface area contributed by atoms with Crippen molar-refractivity contribution in [1.82, 2.24) is 0 Å². The van der Waals surface area contributed by atoms with Crippen LogP contribution >= 0.6 is 11.6 Å². The van der Waals surface area contributed by atoms with Crippen molar-refractivity contribution in [2.75, 3.05) is 6.61 Å². The van der Waals surface area contributed by atoms with E-state index in [1.165, 1.54) is 13.8 Å². The summed E-state index contributed by atoms with van der Waals surface area (Å²) in [5, 5.41) is 0.497. The predicted molar refractivity (Wildman–Crippen MR) is 83.7 cm³/mol. The highest BCUT2D eigenvalue weighted by Gasteiger charge is 2.52. The van der Waals surface area contributed by atoms with E-state index in [1.54, 1.807) is 18.2 Å². The molecule has 8 heteroatoms. The van der Waals surface area contributed by atoms with Gasteiger partial charge in [0.2, 0.25) is 5.90 Å². The molecule has 24 heavy (non-hydrogen) atoms. The van der Waals surface area contributed by atoms with Crippen molar-refractivity contribution in [2.24, 2.45) is 4.99 Å². The Morgan fingerprint density at radius 2 is 2.00 bits per heavy atom. The van der Waals surface area contributed by atoms with Gasteiger partial charge in [-0.1, -0.05) is 23.7 Å². The predicted octanol–water partition coefficient (Wildman–Crippen LogP) is 1.71. The maximum atomic E-state index is 11.4. The van der Waals surface area contributed by atoms with Crippen LogP contribution in [0, 0.1) is 0 Å². The zero-order valence-electron chi connectivity index (χ0n) is 13.1. The fourth-order valence-electron chi connectivity index (χ4n) is 2.65. The van der Waals surface area contributed by atoms with E-state index in [4.69, 9.17) is 30.5 Å². The topological polar surface area (TPSA) is 83.4 Å². The van der Waals surface area contributed by atoms with Gasteiger partial charge in [0, 0.05) is 13.8 Å². The summed E-state index contributed by atoms with van der Waals surface area (Å²) in [6, 6.07) is 7.12. The van der Waals surface area contributed by atoms with Crippen LogP contribution in [0.2, 0.25) is 5.02 Å². The van der Waals surface area contributed by atoms with Crippen LogP contribution in [-0.2, 0) is 28.5 Å². The van der Waals surface area contributed by atoms with Crippen LogP contribution in [0.5, 0.6) is 0 Å². The molecule has 0 saturated carbocycles. The van der Waals surface area contributed by atoms with E-state index in [0.29, 0.717) is 16.5 Å². The van der Waals surface area contributed by atoms with E-state index in [2.05, 4.69) is 4.99 Å². The van der Waals surface area contributed by atoms with Crippen molar-refractivity contribution in [2.45, 2.75) is 38.4 Å². The van der Waals surface area contributed by atoms with Crippen molar-refractivity contribution in [3.05, 3.63) is 34.9 Å². The Labute approximate surface area is 143 Å². The quantitative estimate of drug-likeness (QED) is 0.766. The molecule has 0 aliphatic carbocycles. The lowest BCUT2D eigenvalue weighted by atomic mass is 10.1. The Kier molecular flexibility index (Phi) is 4.73. The first kappa shape index (κ1) is 16.7. The maximum absolute atomic E-state index is 11.4. The number of aliphatic imine (C=N–C) groups is 1. The Bertz CT molecular complexity index is 691. The molecule has 128 valence electrons. The molecule has 0 bridgehead atoms. The number of carbonyl (C=O) groups is 2. The molecule has 1 aromatic rings. The number of hydrogen-bond donors (Lipinski definition) is 0. The molecular weight excluding hydrogens is 338 g/mol. The van der Waals surface area contributed by atoms with Crippen molar-refractivity contribution >= 4 is 29.4 Å². The number of nitrogens with zero attached hydrogens (tertiary/aromatic N) is 1. The van der Waals surface area contributed by atoms with Gasteiger partial charge in [-0.05, 0) is 12.1 Å². The minimum absolute atomic E-state index is 0.0411. The summed E-state index contributed by atoms with van der Waals surface area (Å²) in [5.41, 5.74) is 0.635. The van der Waals surface area contributed by atoms with Gasteiger partial charge in [-0.25, -0.2) is 4.99 Å². The molecule has 2 aliphatic heterocycles. The Morgan fingerprint density at radius 1 is 1.25 bits per heavy atom. The molecule has 3 rings (SSSR count). The minimum atomic E-state index is -0.726. The molecule has 1 aromatic carbocycles. The second-order valence-electron chi connectivity index (χ2n) is 5.44. The third-order valence-corrected chi connectivity index (χ3v) is 3.96. The van der Waals surface area contributed by atoms with Gasteiger partial charge in [-0.2, -0.15) is 0 Å². The molecule has 0 N–H and O–H groups in total. The fourth-order valence-corrected chi connectivity index (χ4v) is 2.86. The number of hydrogen-bond acceptors (Lipinski definition) is 7. The largest absolute Gasteiger partial charge is 0.465 e. The molecule has 2 heterocycles. The fraction of sp³-hybridized carbons (Fsp3) is 0.438. The summed E-state index contributed by atoms with van der Waals surface area (Å²) >= 11 is 6.15. The van der Waals surface area contributed by atoms with E-state index in [-0.39, 0.29) is 6.61 Å². The summed E-state index contributed by atoms with van der Waals surface area (Å²) in [6.07, 6.45) is -2.62. The van der Waals surface area contributed by atoms with Gasteiger partial charge in [0.25, 0.3) is 0 Å². The number of ether oxygens (including phenoxy) is 4. The zero-order chi connectivity index (χ0) is 17.3. The third kappa shape index (κ3) is 3.37. The van der Waals surface area contributed by atoms with E-state index in [0.717, 1.165) is 0 Å². The molecular formula is C16H16ClNO6. The number of esters is 2. The van der Waals surface area contributed by atoms with Gasteiger partial charge in [0.15, 0.2) is 18.4 Å². The number of benzene rings is 1. The molecule has 0 unspecified atom stereocenters. The van der Waals surface area contributed by atoms with Gasteiger partial charge in [0.1, 0.15) is 12.7 Å². The lowest BCUT2D eigenvalue weighted by Crippen LogP contribution is -2.39. The van der Waals surface area contributed by atoms with Crippen LogP contribution in [0.4, 0.5) is 0 Å². The highest BCUT2D eigenvalue weighted by Crippen LogP contribution is 2.34. The minimum Gasteiger partial charge on any atom is -0.465 e. The average molecular weight is 354 g/mol. The molecule has 7 nitrogen and oxygen atoms in total. The van der Waals surface area contributed by atoms with Crippen LogP contribution in [0.1, 0.15) is 19.4 Å². The monoisotopic (exact) mass is 353 g/mol. The molecule has 0 aromatic heterocycles. The highest BCUT2D eigenvalue weighted by molar-refractivity contribution is 6.33. The van der Waals surface area contributed by atoms with Gasteiger partial charge in [-0.3, -0.25) is 9.59 Å². The summed E-state index contributed by atoms with van der Waals surface area (Å²) in [7, 11) is 0. The first-order valence-electron chi connectivity index (χ1n) is 7.41. The van der Waals surface area contributed by atoms with Gasteiger partial charge < -0.3 is 18.9 Å². The molecule has 0 radical (unpaired) electrons. The van der Waals surface area contributed by atoms with Gasteiger partial charge in [0.05, 0.1) is 10.6 Å². The highest BCUT2D eigenvalue weighted by atomic mass is 35.5. The lowest BCUT2D eigenvalue weighted by molar-refractivity contribution is -0.157. The average Bonchev–Trinajstić information content (AvgIpc) is 3.04. The zero-order valence-corrected chi connectivity index (χ0v) is 13.9. The Hall–Kier alpha value is -2.12. The SMILES string of the molecule is CC(=O)OC[C@H]1O[C@@H]2N=C(c3ccccc3Cl)O[C@@H]2[C@@H]1OC(C)=O. The second-order valence-corrected chi connectivity index (χ2v) is 5.85. The van der Waals surface area contributed by atoms with Gasteiger partial charge in [-0.15, -0.1) is 0 Å². The van der Waals surface area contributed by atoms with Gasteiger partial charge >= 0.3 is 11.9 Å². The maximum Gasteiger partial charge on any atom is 0.303 e. The summed E-state index contributed by atoms with van der Waals surface area (Å²) in [5.74, 6) is -0.594. The van der Waals surface area contributed by atoms with E-state index < -0.39 is 36.5 Å². The van der Waals surface area contributed by atoms with Crippen molar-refractivity contribution in [1.29, 1.82) is 0 Å².